The summed E-state index contributed by atoms with van der Waals surface area (Å²) in [6, 6.07) is 6.19. The Morgan fingerprint density at radius 1 is 1.32 bits per heavy atom. The van der Waals surface area contributed by atoms with E-state index in [1.165, 1.54) is 12.0 Å². The maximum atomic E-state index is 12.0. The zero-order valence-electron chi connectivity index (χ0n) is 16.0. The van der Waals surface area contributed by atoms with Gasteiger partial charge in [-0.2, -0.15) is 0 Å². The molecule has 2 aliphatic carbocycles. The van der Waals surface area contributed by atoms with Crippen LogP contribution in [0.3, 0.4) is 0 Å². The summed E-state index contributed by atoms with van der Waals surface area (Å²) in [4.78, 5) is 21.1. The van der Waals surface area contributed by atoms with Gasteiger partial charge in [0, 0.05) is 23.9 Å². The highest BCUT2D eigenvalue weighted by atomic mass is 16.5. The number of primary amides is 1. The van der Waals surface area contributed by atoms with E-state index in [0.717, 1.165) is 53.2 Å². The fourth-order valence-electron chi connectivity index (χ4n) is 4.72. The van der Waals surface area contributed by atoms with E-state index in [-0.39, 0.29) is 5.41 Å². The molecular formula is C22H22N4O2. The number of carbonyl (C=O) groups is 1. The second kappa shape index (κ2) is 5.92. The largest absolute Gasteiger partial charge is 0.496 e. The standard InChI is InChI=1S/C22H22N4O2/c1-24-21-22(7-4-8-22)15-11-18(28-2)14(10-17(15)26-21)16-9-12-5-3-6-13(12)19(25-16)20(23)27/h3,6,9-11H,4-5,7-8H2,1-2H3,(H2,23,27)(H,24,26). The maximum absolute atomic E-state index is 12.0. The number of allylic oxidation sites excluding steroid dienone is 1. The Morgan fingerprint density at radius 3 is 2.79 bits per heavy atom. The van der Waals surface area contributed by atoms with Gasteiger partial charge in [0.15, 0.2) is 0 Å². The second-order valence-electron chi connectivity index (χ2n) is 7.63. The minimum Gasteiger partial charge on any atom is -0.496 e. The highest BCUT2D eigenvalue weighted by Crippen LogP contribution is 2.53. The summed E-state index contributed by atoms with van der Waals surface area (Å²) in [5.74, 6) is 1.26. The number of ether oxygens (including phenoxy) is 1. The lowest BCUT2D eigenvalue weighted by Gasteiger charge is -2.38. The van der Waals surface area contributed by atoms with E-state index in [4.69, 9.17) is 10.5 Å². The van der Waals surface area contributed by atoms with Crippen LogP contribution in [0.25, 0.3) is 17.3 Å². The molecule has 1 aliphatic heterocycles. The molecule has 6 heteroatoms. The van der Waals surface area contributed by atoms with E-state index in [1.54, 1.807) is 7.11 Å². The molecule has 1 fully saturated rings. The molecule has 0 atom stereocenters. The van der Waals surface area contributed by atoms with Crippen molar-refractivity contribution in [2.24, 2.45) is 10.7 Å². The van der Waals surface area contributed by atoms with Crippen molar-refractivity contribution in [1.82, 2.24) is 4.98 Å². The lowest BCUT2D eigenvalue weighted by molar-refractivity contribution is 0.0995. The maximum Gasteiger partial charge on any atom is 0.267 e. The molecule has 5 rings (SSSR count). The Hall–Kier alpha value is -3.15. The van der Waals surface area contributed by atoms with Crippen LogP contribution in [0.1, 0.15) is 46.4 Å². The number of hydrogen-bond donors (Lipinski definition) is 2. The molecular weight excluding hydrogens is 352 g/mol. The summed E-state index contributed by atoms with van der Waals surface area (Å²) in [6.45, 7) is 0. The molecule has 28 heavy (non-hydrogen) atoms. The van der Waals surface area contributed by atoms with E-state index in [2.05, 4.69) is 27.4 Å². The smallest absolute Gasteiger partial charge is 0.267 e. The van der Waals surface area contributed by atoms with Crippen LogP contribution in [0.4, 0.5) is 5.69 Å². The number of nitrogens with two attached hydrogens (primary N) is 1. The molecule has 2 heterocycles. The number of carbonyl (C=O) groups excluding carboxylic acids is 1. The third-order valence-corrected chi connectivity index (χ3v) is 6.27. The first kappa shape index (κ1) is 17.0. The van der Waals surface area contributed by atoms with E-state index < -0.39 is 5.91 Å². The number of hydrogen-bond acceptors (Lipinski definition) is 4. The van der Waals surface area contributed by atoms with E-state index in [1.807, 2.05) is 25.3 Å². The molecule has 1 saturated carbocycles. The van der Waals surface area contributed by atoms with Gasteiger partial charge in [-0.3, -0.25) is 9.79 Å². The number of aromatic nitrogens is 1. The van der Waals surface area contributed by atoms with Crippen LogP contribution in [0.15, 0.2) is 29.3 Å². The molecule has 1 spiro atoms. The number of amidine groups is 1. The number of amides is 1. The summed E-state index contributed by atoms with van der Waals surface area (Å²) in [5, 5.41) is 3.49. The Bertz CT molecular complexity index is 1080. The molecule has 6 nitrogen and oxygen atoms in total. The number of anilines is 1. The Morgan fingerprint density at radius 2 is 2.14 bits per heavy atom. The fraction of sp³-hybridized carbons (Fsp3) is 0.318. The Labute approximate surface area is 163 Å². The molecule has 142 valence electrons. The van der Waals surface area contributed by atoms with Crippen molar-refractivity contribution in [3.8, 4) is 17.0 Å². The number of aliphatic imine (C=N–C) groups is 1. The van der Waals surface area contributed by atoms with E-state index in [0.29, 0.717) is 11.4 Å². The average Bonchev–Trinajstić information content (AvgIpc) is 3.26. The Balaban J connectivity index is 1.69. The minimum atomic E-state index is -0.517. The van der Waals surface area contributed by atoms with Gasteiger partial charge in [-0.1, -0.05) is 18.6 Å². The first-order chi connectivity index (χ1) is 13.6. The van der Waals surface area contributed by atoms with Crippen LogP contribution >= 0.6 is 0 Å². The third kappa shape index (κ3) is 2.17. The lowest BCUT2D eigenvalue weighted by Crippen LogP contribution is -2.41. The normalized spacial score (nSPS) is 19.3. The van der Waals surface area contributed by atoms with Gasteiger partial charge in [-0.05, 0) is 48.6 Å². The monoisotopic (exact) mass is 374 g/mol. The van der Waals surface area contributed by atoms with Crippen molar-refractivity contribution < 1.29 is 9.53 Å². The summed E-state index contributed by atoms with van der Waals surface area (Å²) < 4.78 is 5.74. The predicted molar refractivity (Wildman–Crippen MR) is 110 cm³/mol. The van der Waals surface area contributed by atoms with Crippen molar-refractivity contribution in [1.29, 1.82) is 0 Å². The molecule has 1 aromatic carbocycles. The molecule has 0 bridgehead atoms. The number of benzene rings is 1. The van der Waals surface area contributed by atoms with Crippen molar-refractivity contribution in [2.45, 2.75) is 31.1 Å². The minimum absolute atomic E-state index is 0.0104. The summed E-state index contributed by atoms with van der Waals surface area (Å²) >= 11 is 0. The molecule has 0 unspecified atom stereocenters. The fourth-order valence-corrected chi connectivity index (χ4v) is 4.72. The number of nitrogens with one attached hydrogen (secondary N) is 1. The summed E-state index contributed by atoms with van der Waals surface area (Å²) in [6.07, 6.45) is 8.10. The van der Waals surface area contributed by atoms with Crippen LogP contribution in [-0.2, 0) is 11.8 Å². The van der Waals surface area contributed by atoms with Crippen molar-refractivity contribution in [3.63, 3.8) is 0 Å². The van der Waals surface area contributed by atoms with E-state index >= 15 is 0 Å². The lowest BCUT2D eigenvalue weighted by atomic mass is 9.65. The van der Waals surface area contributed by atoms with Crippen LogP contribution in [-0.4, -0.2) is 30.9 Å². The molecule has 0 radical (unpaired) electrons. The first-order valence-electron chi connectivity index (χ1n) is 9.55. The van der Waals surface area contributed by atoms with Crippen molar-refractivity contribution >= 4 is 23.5 Å². The van der Waals surface area contributed by atoms with Crippen LogP contribution < -0.4 is 15.8 Å². The molecule has 3 aliphatic rings. The quantitative estimate of drug-likeness (QED) is 0.863. The SMILES string of the molecule is CN=C1Nc2cc(-c3cc4c(c(C(N)=O)n3)C=CC4)c(OC)cc2C12CCC2. The van der Waals surface area contributed by atoms with Gasteiger partial charge in [-0.15, -0.1) is 0 Å². The topological polar surface area (TPSA) is 89.6 Å². The number of pyridine rings is 1. The van der Waals surface area contributed by atoms with Gasteiger partial charge in [0.1, 0.15) is 17.3 Å². The third-order valence-electron chi connectivity index (χ3n) is 6.27. The van der Waals surface area contributed by atoms with Crippen LogP contribution in [0.2, 0.25) is 0 Å². The zero-order valence-corrected chi connectivity index (χ0v) is 16.0. The van der Waals surface area contributed by atoms with Gasteiger partial charge < -0.3 is 15.8 Å². The highest BCUT2D eigenvalue weighted by molar-refractivity contribution is 6.11. The van der Waals surface area contributed by atoms with Crippen molar-refractivity contribution in [2.75, 3.05) is 19.5 Å². The van der Waals surface area contributed by atoms with Gasteiger partial charge in [0.05, 0.1) is 18.2 Å². The number of nitrogens with zero attached hydrogens (tertiary/aromatic N) is 2. The molecule has 1 aromatic heterocycles. The number of methoxy groups -OCH3 is 1. The van der Waals surface area contributed by atoms with Crippen molar-refractivity contribution in [3.05, 3.63) is 46.7 Å². The molecule has 3 N–H and O–H groups in total. The Kier molecular flexibility index (Phi) is 3.59. The van der Waals surface area contributed by atoms with Crippen LogP contribution in [0.5, 0.6) is 5.75 Å². The van der Waals surface area contributed by atoms with Gasteiger partial charge in [0.2, 0.25) is 0 Å². The van der Waals surface area contributed by atoms with Gasteiger partial charge in [0.25, 0.3) is 5.91 Å². The first-order valence-corrected chi connectivity index (χ1v) is 9.55. The summed E-state index contributed by atoms with van der Waals surface area (Å²) in [5.41, 5.74) is 11.6. The molecule has 2 aromatic rings. The van der Waals surface area contributed by atoms with E-state index in [9.17, 15) is 4.79 Å². The molecule has 0 saturated heterocycles. The molecule has 1 amide bonds. The summed E-state index contributed by atoms with van der Waals surface area (Å²) in [7, 11) is 3.50. The predicted octanol–water partition coefficient (Wildman–Crippen LogP) is 3.30. The highest BCUT2D eigenvalue weighted by Gasteiger charge is 2.49. The number of fused-ring (bicyclic) bond motifs is 3. The van der Waals surface area contributed by atoms with Gasteiger partial charge >= 0.3 is 0 Å². The van der Waals surface area contributed by atoms with Crippen LogP contribution in [0, 0.1) is 0 Å². The average molecular weight is 374 g/mol. The second-order valence-corrected chi connectivity index (χ2v) is 7.63. The van der Waals surface area contributed by atoms with Gasteiger partial charge in [-0.25, -0.2) is 4.98 Å². The number of rotatable bonds is 3. The zero-order chi connectivity index (χ0) is 19.5.